The number of likely N-dealkylation sites (N-methyl/N-ethyl adjacent to an activating group) is 1. The second kappa shape index (κ2) is 9.94. The highest BCUT2D eigenvalue weighted by atomic mass is 32.2. The Kier molecular flexibility index (Phi) is 7.63. The van der Waals surface area contributed by atoms with Crippen LogP contribution in [0.4, 0.5) is 5.69 Å². The summed E-state index contributed by atoms with van der Waals surface area (Å²) in [6.07, 6.45) is 1.86. The second-order valence-corrected chi connectivity index (χ2v) is 7.19. The molecule has 0 atom stereocenters. The van der Waals surface area contributed by atoms with Crippen molar-refractivity contribution in [2.45, 2.75) is 18.7 Å². The van der Waals surface area contributed by atoms with E-state index in [-0.39, 0.29) is 12.5 Å². The fourth-order valence-electron chi connectivity index (χ4n) is 2.62. The number of para-hydroxylation sites is 1. The van der Waals surface area contributed by atoms with Crippen LogP contribution >= 0.6 is 11.8 Å². The number of nitrogens with zero attached hydrogens (tertiary/aromatic N) is 1. The van der Waals surface area contributed by atoms with E-state index in [1.54, 1.807) is 12.1 Å². The van der Waals surface area contributed by atoms with Gasteiger partial charge in [0.2, 0.25) is 5.91 Å². The zero-order valence-electron chi connectivity index (χ0n) is 16.4. The fraction of sp³-hybridized carbons (Fsp3) is 0.286. The first kappa shape index (κ1) is 21.5. The van der Waals surface area contributed by atoms with Crippen molar-refractivity contribution in [3.8, 4) is 0 Å². The Hall–Kier alpha value is -2.80. The molecule has 0 spiro atoms. The van der Waals surface area contributed by atoms with Crippen molar-refractivity contribution < 1.29 is 19.1 Å². The van der Waals surface area contributed by atoms with Gasteiger partial charge in [0.1, 0.15) is 0 Å². The molecule has 0 aliphatic carbocycles. The molecule has 0 aliphatic heterocycles. The molecule has 0 fully saturated rings. The summed E-state index contributed by atoms with van der Waals surface area (Å²) < 4.78 is 5.12. The molecule has 28 heavy (non-hydrogen) atoms. The second-order valence-electron chi connectivity index (χ2n) is 6.34. The molecule has 0 bridgehead atoms. The van der Waals surface area contributed by atoms with Gasteiger partial charge in [0.25, 0.3) is 5.91 Å². The number of thioether (sulfide) groups is 1. The molecule has 0 saturated carbocycles. The number of amides is 2. The molecule has 6 nitrogen and oxygen atoms in total. The van der Waals surface area contributed by atoms with Crippen LogP contribution in [0.15, 0.2) is 47.4 Å². The number of hydrogen-bond acceptors (Lipinski definition) is 5. The summed E-state index contributed by atoms with van der Waals surface area (Å²) in [5.41, 5.74) is 3.05. The van der Waals surface area contributed by atoms with Gasteiger partial charge < -0.3 is 15.0 Å². The number of benzene rings is 2. The van der Waals surface area contributed by atoms with Gasteiger partial charge in [0, 0.05) is 17.6 Å². The van der Waals surface area contributed by atoms with E-state index in [0.29, 0.717) is 5.56 Å². The van der Waals surface area contributed by atoms with E-state index in [4.69, 9.17) is 4.74 Å². The van der Waals surface area contributed by atoms with Crippen molar-refractivity contribution in [1.82, 2.24) is 4.90 Å². The zero-order chi connectivity index (χ0) is 20.7. The van der Waals surface area contributed by atoms with Crippen molar-refractivity contribution in [3.63, 3.8) is 0 Å². The van der Waals surface area contributed by atoms with Crippen LogP contribution < -0.4 is 5.32 Å². The maximum atomic E-state index is 12.3. The minimum absolute atomic E-state index is 0.133. The van der Waals surface area contributed by atoms with E-state index in [9.17, 15) is 14.4 Å². The monoisotopic (exact) mass is 400 g/mol. The van der Waals surface area contributed by atoms with Gasteiger partial charge in [0.15, 0.2) is 6.61 Å². The number of carbonyl (C=O) groups is 3. The highest BCUT2D eigenvalue weighted by molar-refractivity contribution is 7.98. The van der Waals surface area contributed by atoms with Crippen molar-refractivity contribution in [1.29, 1.82) is 0 Å². The lowest BCUT2D eigenvalue weighted by atomic mass is 10.1. The molecule has 2 aromatic rings. The lowest BCUT2D eigenvalue weighted by Crippen LogP contribution is -2.37. The summed E-state index contributed by atoms with van der Waals surface area (Å²) in [5, 5.41) is 2.83. The number of nitrogens with one attached hydrogen (secondary N) is 1. The highest BCUT2D eigenvalue weighted by Gasteiger charge is 2.18. The Balaban J connectivity index is 1.88. The average Bonchev–Trinajstić information content (AvgIpc) is 2.68. The van der Waals surface area contributed by atoms with Crippen LogP contribution in [0.5, 0.6) is 0 Å². The number of anilines is 1. The lowest BCUT2D eigenvalue weighted by Gasteiger charge is -2.18. The molecule has 1 N–H and O–H groups in total. The van der Waals surface area contributed by atoms with Gasteiger partial charge in [-0.3, -0.25) is 9.59 Å². The standard InChI is InChI=1S/C21H24N2O4S/c1-14-8-7-9-15(2)20(14)22-18(24)12-23(3)19(25)13-27-21(26)16-10-5-6-11-17(16)28-4/h5-11H,12-13H2,1-4H3,(H,22,24). The van der Waals surface area contributed by atoms with Crippen molar-refractivity contribution in [2.75, 3.05) is 31.8 Å². The molecule has 0 saturated heterocycles. The largest absolute Gasteiger partial charge is 0.452 e. The highest BCUT2D eigenvalue weighted by Crippen LogP contribution is 2.21. The van der Waals surface area contributed by atoms with Crippen LogP contribution in [0.3, 0.4) is 0 Å². The molecule has 148 valence electrons. The first-order valence-electron chi connectivity index (χ1n) is 8.73. The Morgan fingerprint density at radius 3 is 2.32 bits per heavy atom. The third-order valence-electron chi connectivity index (χ3n) is 4.21. The van der Waals surface area contributed by atoms with Crippen LogP contribution in [-0.2, 0) is 14.3 Å². The first-order chi connectivity index (χ1) is 13.3. The summed E-state index contributed by atoms with van der Waals surface area (Å²) in [7, 11) is 1.50. The number of carbonyl (C=O) groups excluding carboxylic acids is 3. The van der Waals surface area contributed by atoms with Gasteiger partial charge in [-0.05, 0) is 43.4 Å². The quantitative estimate of drug-likeness (QED) is 0.570. The molecular formula is C21H24N2O4S. The number of rotatable bonds is 7. The number of hydrogen-bond donors (Lipinski definition) is 1. The molecule has 7 heteroatoms. The van der Waals surface area contributed by atoms with E-state index >= 15 is 0 Å². The van der Waals surface area contributed by atoms with E-state index in [1.807, 2.05) is 50.4 Å². The fourth-order valence-corrected chi connectivity index (χ4v) is 3.21. The van der Waals surface area contributed by atoms with Gasteiger partial charge in [-0.2, -0.15) is 0 Å². The lowest BCUT2D eigenvalue weighted by molar-refractivity contribution is -0.136. The summed E-state index contributed by atoms with van der Waals surface area (Å²) in [4.78, 5) is 38.7. The molecule has 2 aromatic carbocycles. The van der Waals surface area contributed by atoms with Gasteiger partial charge >= 0.3 is 5.97 Å². The molecule has 2 amide bonds. The Bertz CT molecular complexity index is 862. The van der Waals surface area contributed by atoms with Gasteiger partial charge in [-0.25, -0.2) is 4.79 Å². The number of aryl methyl sites for hydroxylation is 2. The first-order valence-corrected chi connectivity index (χ1v) is 9.96. The van der Waals surface area contributed by atoms with E-state index < -0.39 is 18.5 Å². The minimum Gasteiger partial charge on any atom is -0.452 e. The third-order valence-corrected chi connectivity index (χ3v) is 5.00. The Morgan fingerprint density at radius 1 is 1.04 bits per heavy atom. The van der Waals surface area contributed by atoms with Crippen LogP contribution in [0.2, 0.25) is 0 Å². The summed E-state index contributed by atoms with van der Waals surface area (Å²) in [6.45, 7) is 3.26. The molecule has 0 heterocycles. The third kappa shape index (κ3) is 5.60. The molecular weight excluding hydrogens is 376 g/mol. The predicted octanol–water partition coefficient (Wildman–Crippen LogP) is 3.28. The van der Waals surface area contributed by atoms with Crippen molar-refractivity contribution in [2.24, 2.45) is 0 Å². The molecule has 2 rings (SSSR count). The zero-order valence-corrected chi connectivity index (χ0v) is 17.3. The topological polar surface area (TPSA) is 75.7 Å². The molecule has 0 radical (unpaired) electrons. The van der Waals surface area contributed by atoms with Crippen LogP contribution in [0.1, 0.15) is 21.5 Å². The number of ether oxygens (including phenoxy) is 1. The normalized spacial score (nSPS) is 10.3. The smallest absolute Gasteiger partial charge is 0.339 e. The van der Waals surface area contributed by atoms with Gasteiger partial charge in [-0.15, -0.1) is 11.8 Å². The summed E-state index contributed by atoms with van der Waals surface area (Å²) >= 11 is 1.43. The summed E-state index contributed by atoms with van der Waals surface area (Å²) in [6, 6.07) is 12.8. The van der Waals surface area contributed by atoms with E-state index in [0.717, 1.165) is 21.7 Å². The van der Waals surface area contributed by atoms with Crippen molar-refractivity contribution in [3.05, 3.63) is 59.2 Å². The van der Waals surface area contributed by atoms with Crippen molar-refractivity contribution >= 4 is 35.2 Å². The minimum atomic E-state index is -0.563. The maximum absolute atomic E-state index is 12.3. The van der Waals surface area contributed by atoms with E-state index in [2.05, 4.69) is 5.32 Å². The number of esters is 1. The predicted molar refractivity (Wildman–Crippen MR) is 111 cm³/mol. The average molecular weight is 401 g/mol. The van der Waals surface area contributed by atoms with Gasteiger partial charge in [0.05, 0.1) is 12.1 Å². The molecule has 0 unspecified atom stereocenters. The maximum Gasteiger partial charge on any atom is 0.339 e. The summed E-state index contributed by atoms with van der Waals surface area (Å²) in [5.74, 6) is -1.33. The Labute approximate surface area is 169 Å². The van der Waals surface area contributed by atoms with Crippen LogP contribution in [0, 0.1) is 13.8 Å². The van der Waals surface area contributed by atoms with Crippen LogP contribution in [-0.4, -0.2) is 49.1 Å². The molecule has 0 aliphatic rings. The van der Waals surface area contributed by atoms with E-state index in [1.165, 1.54) is 23.7 Å². The SMILES string of the molecule is CSc1ccccc1C(=O)OCC(=O)N(C)CC(=O)Nc1c(C)cccc1C. The van der Waals surface area contributed by atoms with Gasteiger partial charge in [-0.1, -0.05) is 30.3 Å². The van der Waals surface area contributed by atoms with Crippen LogP contribution in [0.25, 0.3) is 0 Å². The Morgan fingerprint density at radius 2 is 1.68 bits per heavy atom. The molecule has 0 aromatic heterocycles.